The Morgan fingerprint density at radius 1 is 0.538 bits per heavy atom. The number of aliphatic hydroxyl groups is 5. The fourth-order valence-corrected chi connectivity index (χ4v) is 8.11. The van der Waals surface area contributed by atoms with Crippen LogP contribution in [0.4, 0.5) is 0 Å². The molecule has 1 saturated heterocycles. The highest BCUT2D eigenvalue weighted by molar-refractivity contribution is 5.76. The van der Waals surface area contributed by atoms with Gasteiger partial charge in [-0.1, -0.05) is 222 Å². The van der Waals surface area contributed by atoms with Crippen LogP contribution in [0.5, 0.6) is 0 Å². The second kappa shape index (κ2) is 45.4. The van der Waals surface area contributed by atoms with Crippen LogP contribution in [0.15, 0.2) is 72.9 Å². The van der Waals surface area contributed by atoms with Gasteiger partial charge in [0, 0.05) is 6.42 Å². The summed E-state index contributed by atoms with van der Waals surface area (Å²) in [5.74, 6) is -0.170. The first-order valence-corrected chi connectivity index (χ1v) is 26.6. The summed E-state index contributed by atoms with van der Waals surface area (Å²) in [6, 6.07) is -0.737. The van der Waals surface area contributed by atoms with Gasteiger partial charge in [0.2, 0.25) is 5.91 Å². The van der Waals surface area contributed by atoms with Crippen molar-refractivity contribution in [2.75, 3.05) is 13.2 Å². The van der Waals surface area contributed by atoms with Crippen molar-refractivity contribution in [1.29, 1.82) is 0 Å². The summed E-state index contributed by atoms with van der Waals surface area (Å²) in [6.45, 7) is 3.71. The fourth-order valence-electron chi connectivity index (χ4n) is 8.11. The van der Waals surface area contributed by atoms with Gasteiger partial charge in [0.25, 0.3) is 0 Å². The number of nitrogens with one attached hydrogen (secondary N) is 1. The van der Waals surface area contributed by atoms with E-state index in [9.17, 15) is 30.3 Å². The molecule has 7 unspecified atom stereocenters. The molecule has 0 aliphatic carbocycles. The van der Waals surface area contributed by atoms with E-state index in [1.807, 2.05) is 0 Å². The normalized spacial score (nSPS) is 20.5. The third-order valence-electron chi connectivity index (χ3n) is 12.3. The Balaban J connectivity index is 2.29. The lowest BCUT2D eigenvalue weighted by molar-refractivity contribution is -0.302. The zero-order valence-corrected chi connectivity index (χ0v) is 41.5. The summed E-state index contributed by atoms with van der Waals surface area (Å²) >= 11 is 0. The molecular weight excluding hydrogens is 815 g/mol. The van der Waals surface area contributed by atoms with Crippen LogP contribution in [0.2, 0.25) is 0 Å². The zero-order chi connectivity index (χ0) is 47.3. The van der Waals surface area contributed by atoms with Crippen LogP contribution in [-0.4, -0.2) is 87.5 Å². The van der Waals surface area contributed by atoms with Crippen LogP contribution in [0, 0.1) is 0 Å². The number of allylic oxidation sites excluding steroid dienone is 12. The van der Waals surface area contributed by atoms with Gasteiger partial charge in [0.1, 0.15) is 24.4 Å². The molecule has 0 aromatic heterocycles. The van der Waals surface area contributed by atoms with Crippen LogP contribution in [-0.2, 0) is 14.3 Å². The third kappa shape index (κ3) is 35.4. The molecule has 1 fully saturated rings. The van der Waals surface area contributed by atoms with Crippen molar-refractivity contribution in [2.24, 2.45) is 0 Å². The van der Waals surface area contributed by atoms with Crippen molar-refractivity contribution in [1.82, 2.24) is 5.32 Å². The minimum absolute atomic E-state index is 0.152. The van der Waals surface area contributed by atoms with Crippen molar-refractivity contribution < 1.29 is 39.8 Å². The zero-order valence-electron chi connectivity index (χ0n) is 41.5. The molecule has 9 nitrogen and oxygen atoms in total. The molecule has 0 bridgehead atoms. The predicted octanol–water partition coefficient (Wildman–Crippen LogP) is 12.5. The summed E-state index contributed by atoms with van der Waals surface area (Å²) in [7, 11) is 0. The molecule has 0 radical (unpaired) electrons. The van der Waals surface area contributed by atoms with Gasteiger partial charge < -0.3 is 40.3 Å². The number of hydrogen-bond donors (Lipinski definition) is 6. The van der Waals surface area contributed by atoms with Crippen LogP contribution < -0.4 is 5.32 Å². The van der Waals surface area contributed by atoms with E-state index in [1.165, 1.54) is 103 Å². The smallest absolute Gasteiger partial charge is 0.220 e. The SMILES string of the molecule is CC/C=C\C/C=C\C/C=C\C/C=C\C/C=C\C/C=C\CCCCCCC(=O)NC(COC1OC(CO)C(O)C(O)C1O)C(O)CCCCCCCCCCCCCCCCCCCCC. The third-order valence-corrected chi connectivity index (χ3v) is 12.3. The fraction of sp³-hybridized carbons (Fsp3) is 0.768. The Labute approximate surface area is 398 Å². The summed E-state index contributed by atoms with van der Waals surface area (Å²) < 4.78 is 11.3. The standard InChI is InChI=1S/C56H99NO8/c1-3-5-7-9-11-13-15-17-19-21-23-24-25-26-28-30-32-34-36-38-40-42-44-46-52(60)57-49(48-64-56-55(63)54(62)53(61)51(47-58)65-56)50(59)45-43-41-39-37-35-33-31-29-27-22-20-18-16-14-12-10-8-6-4-2/h5,7,11,13,17,19,23-24,26,28,32,34,49-51,53-56,58-59,61-63H,3-4,6,8-10,12,14-16,18,20-22,25,27,29-31,33,35-48H2,1-2H3,(H,57,60)/b7-5-,13-11-,19-17-,24-23-,28-26-,34-32-. The van der Waals surface area contributed by atoms with Crippen LogP contribution in [0.1, 0.15) is 219 Å². The van der Waals surface area contributed by atoms with Gasteiger partial charge >= 0.3 is 0 Å². The average molecular weight is 914 g/mol. The molecule has 7 atom stereocenters. The highest BCUT2D eigenvalue weighted by atomic mass is 16.7. The Kier molecular flexibility index (Phi) is 42.4. The Morgan fingerprint density at radius 3 is 1.42 bits per heavy atom. The van der Waals surface area contributed by atoms with E-state index in [0.29, 0.717) is 12.8 Å². The monoisotopic (exact) mass is 914 g/mol. The molecule has 6 N–H and O–H groups in total. The summed E-state index contributed by atoms with van der Waals surface area (Å²) in [5.41, 5.74) is 0. The molecule has 65 heavy (non-hydrogen) atoms. The molecule has 0 aromatic rings. The minimum Gasteiger partial charge on any atom is -0.394 e. The van der Waals surface area contributed by atoms with E-state index in [0.717, 1.165) is 89.9 Å². The lowest BCUT2D eigenvalue weighted by Gasteiger charge is -2.40. The Bertz CT molecular complexity index is 1240. The number of ether oxygens (including phenoxy) is 2. The van der Waals surface area contributed by atoms with Crippen LogP contribution >= 0.6 is 0 Å². The number of unbranched alkanes of at least 4 members (excludes halogenated alkanes) is 22. The molecule has 376 valence electrons. The highest BCUT2D eigenvalue weighted by Gasteiger charge is 2.44. The Hall–Kier alpha value is -2.37. The molecule has 1 heterocycles. The largest absolute Gasteiger partial charge is 0.394 e. The van der Waals surface area contributed by atoms with Crippen molar-refractivity contribution in [3.63, 3.8) is 0 Å². The molecular formula is C56H99NO8. The first kappa shape index (κ1) is 60.6. The van der Waals surface area contributed by atoms with E-state index < -0.39 is 49.5 Å². The van der Waals surface area contributed by atoms with Gasteiger partial charge in [-0.15, -0.1) is 0 Å². The van der Waals surface area contributed by atoms with E-state index in [2.05, 4.69) is 92.1 Å². The number of rotatable bonds is 44. The average Bonchev–Trinajstić information content (AvgIpc) is 3.31. The lowest BCUT2D eigenvalue weighted by Crippen LogP contribution is -2.60. The number of aliphatic hydroxyl groups excluding tert-OH is 5. The topological polar surface area (TPSA) is 149 Å². The van der Waals surface area contributed by atoms with E-state index in [4.69, 9.17) is 9.47 Å². The molecule has 9 heteroatoms. The first-order chi connectivity index (χ1) is 31.8. The molecule has 1 rings (SSSR count). The molecule has 1 aliphatic rings. The number of carbonyl (C=O) groups excluding carboxylic acids is 1. The highest BCUT2D eigenvalue weighted by Crippen LogP contribution is 2.23. The van der Waals surface area contributed by atoms with Gasteiger partial charge in [-0.25, -0.2) is 0 Å². The predicted molar refractivity (Wildman–Crippen MR) is 272 cm³/mol. The second-order valence-electron chi connectivity index (χ2n) is 18.3. The maximum atomic E-state index is 13.0. The lowest BCUT2D eigenvalue weighted by atomic mass is 9.99. The van der Waals surface area contributed by atoms with Crippen LogP contribution in [0.25, 0.3) is 0 Å². The molecule has 0 spiro atoms. The quantitative estimate of drug-likeness (QED) is 0.0261. The molecule has 1 aliphatic heterocycles. The Morgan fingerprint density at radius 2 is 0.954 bits per heavy atom. The van der Waals surface area contributed by atoms with Crippen molar-refractivity contribution in [2.45, 2.75) is 262 Å². The minimum atomic E-state index is -1.56. The van der Waals surface area contributed by atoms with E-state index >= 15 is 0 Å². The molecule has 0 aromatic carbocycles. The first-order valence-electron chi connectivity index (χ1n) is 26.6. The van der Waals surface area contributed by atoms with Crippen molar-refractivity contribution in [3.8, 4) is 0 Å². The van der Waals surface area contributed by atoms with Gasteiger partial charge in [-0.2, -0.15) is 0 Å². The van der Waals surface area contributed by atoms with Gasteiger partial charge in [-0.05, 0) is 64.2 Å². The van der Waals surface area contributed by atoms with Crippen LogP contribution in [0.3, 0.4) is 0 Å². The summed E-state index contributed by atoms with van der Waals surface area (Å²) in [5, 5.41) is 54.6. The maximum absolute atomic E-state index is 13.0. The van der Waals surface area contributed by atoms with E-state index in [-0.39, 0.29) is 12.5 Å². The second-order valence-corrected chi connectivity index (χ2v) is 18.3. The maximum Gasteiger partial charge on any atom is 0.220 e. The summed E-state index contributed by atoms with van der Waals surface area (Å²) in [4.78, 5) is 13.0. The summed E-state index contributed by atoms with van der Waals surface area (Å²) in [6.07, 6.45) is 54.8. The molecule has 1 amide bonds. The van der Waals surface area contributed by atoms with Gasteiger partial charge in [-0.3, -0.25) is 4.79 Å². The van der Waals surface area contributed by atoms with E-state index in [1.54, 1.807) is 0 Å². The van der Waals surface area contributed by atoms with Gasteiger partial charge in [0.05, 0.1) is 25.4 Å². The van der Waals surface area contributed by atoms with Gasteiger partial charge in [0.15, 0.2) is 6.29 Å². The van der Waals surface area contributed by atoms with Crippen molar-refractivity contribution >= 4 is 5.91 Å². The number of carbonyl (C=O) groups is 1. The number of hydrogen-bond acceptors (Lipinski definition) is 8. The van der Waals surface area contributed by atoms with Crippen molar-refractivity contribution in [3.05, 3.63) is 72.9 Å². The number of amides is 1. The molecule has 0 saturated carbocycles.